The highest BCUT2D eigenvalue weighted by atomic mass is 32.1. The van der Waals surface area contributed by atoms with E-state index < -0.39 is 0 Å². The molecule has 0 aromatic carbocycles. The van der Waals surface area contributed by atoms with E-state index in [9.17, 15) is 4.79 Å². The summed E-state index contributed by atoms with van der Waals surface area (Å²) in [5.41, 5.74) is 0. The smallest absolute Gasteiger partial charge is 0.229 e. The molecule has 2 rings (SSSR count). The fourth-order valence-corrected chi connectivity index (χ4v) is 2.55. The fourth-order valence-electron chi connectivity index (χ4n) is 2.01. The quantitative estimate of drug-likeness (QED) is 0.839. The van der Waals surface area contributed by atoms with E-state index >= 15 is 0 Å². The van der Waals surface area contributed by atoms with Gasteiger partial charge in [0.15, 0.2) is 5.13 Å². The van der Waals surface area contributed by atoms with Crippen molar-refractivity contribution in [3.63, 3.8) is 0 Å². The number of thiazole rings is 1. The van der Waals surface area contributed by atoms with Gasteiger partial charge in [-0.15, -0.1) is 11.3 Å². The highest BCUT2D eigenvalue weighted by molar-refractivity contribution is 7.13. The highest BCUT2D eigenvalue weighted by Crippen LogP contribution is 2.29. The Labute approximate surface area is 93.9 Å². The number of nitrogens with one attached hydrogen (secondary N) is 1. The minimum absolute atomic E-state index is 0.150. The minimum atomic E-state index is 0.150. The van der Waals surface area contributed by atoms with Crippen LogP contribution in [0.3, 0.4) is 0 Å². The molecule has 0 unspecified atom stereocenters. The first-order valence-electron chi connectivity index (χ1n) is 5.46. The molecule has 3 nitrogen and oxygen atoms in total. The Morgan fingerprint density at radius 3 is 2.80 bits per heavy atom. The summed E-state index contributed by atoms with van der Waals surface area (Å²) in [6, 6.07) is 0. The number of carbonyl (C=O) groups excluding carboxylic acids is 1. The summed E-state index contributed by atoms with van der Waals surface area (Å²) in [5, 5.41) is 5.47. The van der Waals surface area contributed by atoms with Gasteiger partial charge < -0.3 is 5.32 Å². The van der Waals surface area contributed by atoms with Crippen molar-refractivity contribution in [3.05, 3.63) is 11.6 Å². The van der Waals surface area contributed by atoms with Crippen LogP contribution in [0.5, 0.6) is 0 Å². The summed E-state index contributed by atoms with van der Waals surface area (Å²) in [7, 11) is 0. The molecule has 1 fully saturated rings. The molecular formula is C11H16N2OS. The zero-order chi connectivity index (χ0) is 10.7. The molecule has 1 N–H and O–H groups in total. The second kappa shape index (κ2) is 4.75. The van der Waals surface area contributed by atoms with Gasteiger partial charge in [-0.1, -0.05) is 6.92 Å². The highest BCUT2D eigenvalue weighted by Gasteiger charge is 2.24. The van der Waals surface area contributed by atoms with Crippen molar-refractivity contribution in [3.8, 4) is 0 Å². The molecule has 0 radical (unpaired) electrons. The van der Waals surface area contributed by atoms with E-state index in [2.05, 4.69) is 17.2 Å². The molecule has 1 heterocycles. The molecule has 0 aliphatic heterocycles. The summed E-state index contributed by atoms with van der Waals surface area (Å²) in [4.78, 5) is 15.9. The van der Waals surface area contributed by atoms with E-state index in [1.807, 2.05) is 5.38 Å². The lowest BCUT2D eigenvalue weighted by molar-refractivity contribution is -0.121. The number of anilines is 1. The molecule has 1 aromatic heterocycles. The largest absolute Gasteiger partial charge is 0.302 e. The summed E-state index contributed by atoms with van der Waals surface area (Å²) < 4.78 is 0. The number of rotatable bonds is 2. The normalized spacial score (nSPS) is 26.2. The first-order chi connectivity index (χ1) is 7.25. The van der Waals surface area contributed by atoms with Gasteiger partial charge in [0.05, 0.1) is 0 Å². The zero-order valence-corrected chi connectivity index (χ0v) is 9.72. The maximum absolute atomic E-state index is 11.8. The number of carbonyl (C=O) groups is 1. The molecule has 0 saturated heterocycles. The van der Waals surface area contributed by atoms with E-state index in [1.165, 1.54) is 24.2 Å². The Balaban J connectivity index is 1.86. The van der Waals surface area contributed by atoms with E-state index in [1.54, 1.807) is 6.20 Å². The number of hydrogen-bond donors (Lipinski definition) is 1. The maximum Gasteiger partial charge on any atom is 0.229 e. The van der Waals surface area contributed by atoms with Gasteiger partial charge in [0.25, 0.3) is 0 Å². The summed E-state index contributed by atoms with van der Waals surface area (Å²) in [5.74, 6) is 1.14. The van der Waals surface area contributed by atoms with Crippen molar-refractivity contribution < 1.29 is 4.79 Å². The van der Waals surface area contributed by atoms with Crippen LogP contribution in [0.2, 0.25) is 0 Å². The molecule has 4 heteroatoms. The molecule has 1 aliphatic carbocycles. The van der Waals surface area contributed by atoms with E-state index in [-0.39, 0.29) is 11.8 Å². The topological polar surface area (TPSA) is 42.0 Å². The van der Waals surface area contributed by atoms with Crippen molar-refractivity contribution in [1.82, 2.24) is 4.98 Å². The van der Waals surface area contributed by atoms with Gasteiger partial charge in [0, 0.05) is 17.5 Å². The zero-order valence-electron chi connectivity index (χ0n) is 8.90. The molecule has 1 aromatic rings. The standard InChI is InChI=1S/C11H16N2OS/c1-8-2-4-9(5-3-8)10(14)13-11-12-6-7-15-11/h6-9H,2-5H2,1H3,(H,12,13,14)/t8-,9+. The summed E-state index contributed by atoms with van der Waals surface area (Å²) in [6.45, 7) is 2.26. The Hall–Kier alpha value is -0.900. The molecule has 15 heavy (non-hydrogen) atoms. The van der Waals surface area contributed by atoms with Gasteiger partial charge >= 0.3 is 0 Å². The average molecular weight is 224 g/mol. The van der Waals surface area contributed by atoms with Gasteiger partial charge in [-0.3, -0.25) is 4.79 Å². The maximum atomic E-state index is 11.8. The van der Waals surface area contributed by atoms with Crippen molar-refractivity contribution >= 4 is 22.4 Å². The molecule has 0 bridgehead atoms. The van der Waals surface area contributed by atoms with Crippen LogP contribution < -0.4 is 5.32 Å². The second-order valence-electron chi connectivity index (χ2n) is 4.28. The van der Waals surface area contributed by atoms with Crippen LogP contribution in [0, 0.1) is 11.8 Å². The Kier molecular flexibility index (Phi) is 3.36. The van der Waals surface area contributed by atoms with Gasteiger partial charge in [0.2, 0.25) is 5.91 Å². The van der Waals surface area contributed by atoms with Gasteiger partial charge in [-0.25, -0.2) is 4.98 Å². The van der Waals surface area contributed by atoms with Crippen LogP contribution in [0.25, 0.3) is 0 Å². The Morgan fingerprint density at radius 2 is 2.20 bits per heavy atom. The van der Waals surface area contributed by atoms with Crippen molar-refractivity contribution in [2.24, 2.45) is 11.8 Å². The lowest BCUT2D eigenvalue weighted by Gasteiger charge is -2.24. The molecular weight excluding hydrogens is 208 g/mol. The van der Waals surface area contributed by atoms with Gasteiger partial charge in [-0.2, -0.15) is 0 Å². The molecule has 82 valence electrons. The predicted molar refractivity (Wildman–Crippen MR) is 61.9 cm³/mol. The van der Waals surface area contributed by atoms with Crippen molar-refractivity contribution in [1.29, 1.82) is 0 Å². The van der Waals surface area contributed by atoms with Crippen LogP contribution in [0.4, 0.5) is 5.13 Å². The number of nitrogens with zero attached hydrogens (tertiary/aromatic N) is 1. The third kappa shape index (κ3) is 2.78. The van der Waals surface area contributed by atoms with E-state index in [0.717, 1.165) is 23.9 Å². The third-order valence-electron chi connectivity index (χ3n) is 3.05. The van der Waals surface area contributed by atoms with Crippen LogP contribution >= 0.6 is 11.3 Å². The van der Waals surface area contributed by atoms with Crippen LogP contribution in [0.15, 0.2) is 11.6 Å². The number of hydrogen-bond acceptors (Lipinski definition) is 3. The van der Waals surface area contributed by atoms with Gasteiger partial charge in [0.1, 0.15) is 0 Å². The molecule has 1 aliphatic rings. The Bertz CT molecular complexity index is 315. The third-order valence-corrected chi connectivity index (χ3v) is 3.74. The average Bonchev–Trinajstić information content (AvgIpc) is 2.71. The van der Waals surface area contributed by atoms with Crippen molar-refractivity contribution in [2.45, 2.75) is 32.6 Å². The molecule has 0 spiro atoms. The minimum Gasteiger partial charge on any atom is -0.302 e. The first-order valence-corrected chi connectivity index (χ1v) is 6.34. The lowest BCUT2D eigenvalue weighted by atomic mass is 9.82. The lowest BCUT2D eigenvalue weighted by Crippen LogP contribution is -2.26. The van der Waals surface area contributed by atoms with Gasteiger partial charge in [-0.05, 0) is 31.6 Å². The predicted octanol–water partition coefficient (Wildman–Crippen LogP) is 2.91. The first kappa shape index (κ1) is 10.6. The summed E-state index contributed by atoms with van der Waals surface area (Å²) >= 11 is 1.47. The second-order valence-corrected chi connectivity index (χ2v) is 5.18. The summed E-state index contributed by atoms with van der Waals surface area (Å²) in [6.07, 6.45) is 6.12. The number of amides is 1. The molecule has 1 amide bonds. The van der Waals surface area contributed by atoms with Crippen LogP contribution in [-0.2, 0) is 4.79 Å². The molecule has 1 saturated carbocycles. The molecule has 0 atom stereocenters. The monoisotopic (exact) mass is 224 g/mol. The SMILES string of the molecule is C[C@H]1CC[C@@H](C(=O)Nc2nccs2)CC1. The van der Waals surface area contributed by atoms with Crippen molar-refractivity contribution in [2.75, 3.05) is 5.32 Å². The van der Waals surface area contributed by atoms with Crippen LogP contribution in [-0.4, -0.2) is 10.9 Å². The fraction of sp³-hybridized carbons (Fsp3) is 0.636. The van der Waals surface area contributed by atoms with Crippen LogP contribution in [0.1, 0.15) is 32.6 Å². The van der Waals surface area contributed by atoms with E-state index in [0.29, 0.717) is 0 Å². The Morgan fingerprint density at radius 1 is 1.47 bits per heavy atom. The van der Waals surface area contributed by atoms with E-state index in [4.69, 9.17) is 0 Å². The number of aromatic nitrogens is 1.